The Morgan fingerprint density at radius 3 is 2.70 bits per heavy atom. The van der Waals surface area contributed by atoms with Crippen molar-refractivity contribution in [2.24, 2.45) is 11.7 Å². The minimum atomic E-state index is -0.635. The average molecular weight is 412 g/mol. The molecule has 1 saturated carbocycles. The highest BCUT2D eigenvalue weighted by Gasteiger charge is 2.33. The normalized spacial score (nSPS) is 22.5. The second-order valence-corrected chi connectivity index (χ2v) is 8.50. The molecular weight excluding hydrogens is 384 g/mol. The number of carbonyl (C=O) groups is 2. The molecule has 4 rings (SSSR count). The van der Waals surface area contributed by atoms with Gasteiger partial charge in [0.2, 0.25) is 5.91 Å². The van der Waals surface area contributed by atoms with Crippen LogP contribution in [-0.2, 0) is 11.2 Å². The zero-order valence-corrected chi connectivity index (χ0v) is 17.1. The molecule has 8 heteroatoms. The van der Waals surface area contributed by atoms with Crippen LogP contribution in [0.4, 0.5) is 0 Å². The van der Waals surface area contributed by atoms with Gasteiger partial charge in [-0.25, -0.2) is 0 Å². The van der Waals surface area contributed by atoms with Crippen LogP contribution in [0.25, 0.3) is 0 Å². The fraction of sp³-hybridized carbons (Fsp3) is 0.500. The summed E-state index contributed by atoms with van der Waals surface area (Å²) in [5, 5.41) is 16.3. The maximum Gasteiger partial charge on any atom is 0.273 e. The van der Waals surface area contributed by atoms with Crippen molar-refractivity contribution < 1.29 is 19.2 Å². The number of rotatable bonds is 6. The Morgan fingerprint density at radius 2 is 2.03 bits per heavy atom. The number of nitrogens with two attached hydrogens (primary N) is 1. The summed E-state index contributed by atoms with van der Waals surface area (Å²) in [5.41, 5.74) is 7.37. The van der Waals surface area contributed by atoms with Crippen LogP contribution in [-0.4, -0.2) is 52.2 Å². The number of aromatic nitrogens is 1. The predicted molar refractivity (Wildman–Crippen MR) is 110 cm³/mol. The van der Waals surface area contributed by atoms with Gasteiger partial charge in [0.05, 0.1) is 6.04 Å². The summed E-state index contributed by atoms with van der Waals surface area (Å²) in [4.78, 5) is 27.1. The lowest BCUT2D eigenvalue weighted by Gasteiger charge is -2.38. The molecule has 160 valence electrons. The fourth-order valence-corrected chi connectivity index (χ4v) is 3.97. The summed E-state index contributed by atoms with van der Waals surface area (Å²) in [6.45, 7) is 3.11. The molecule has 1 aliphatic carbocycles. The van der Waals surface area contributed by atoms with E-state index in [-0.39, 0.29) is 29.5 Å². The van der Waals surface area contributed by atoms with Crippen LogP contribution in [0.1, 0.15) is 53.9 Å². The Labute approximate surface area is 175 Å². The maximum absolute atomic E-state index is 12.8. The molecule has 1 aliphatic heterocycles. The lowest BCUT2D eigenvalue weighted by atomic mass is 9.92. The van der Waals surface area contributed by atoms with Crippen LogP contribution in [0.5, 0.6) is 5.75 Å². The molecule has 2 fully saturated rings. The number of nitrogens with zero attached hydrogens (tertiary/aromatic N) is 2. The van der Waals surface area contributed by atoms with E-state index in [1.807, 2.05) is 6.92 Å². The lowest BCUT2D eigenvalue weighted by Crippen LogP contribution is -2.55. The first-order chi connectivity index (χ1) is 14.4. The Balaban J connectivity index is 1.28. The molecule has 0 radical (unpaired) electrons. The third-order valence-electron chi connectivity index (χ3n) is 5.98. The second-order valence-electron chi connectivity index (χ2n) is 8.50. The monoisotopic (exact) mass is 412 g/mol. The largest absolute Gasteiger partial charge is 0.508 e. The number of aromatic hydroxyl groups is 1. The molecule has 1 saturated heterocycles. The zero-order valence-electron chi connectivity index (χ0n) is 17.1. The first-order valence-corrected chi connectivity index (χ1v) is 10.5. The molecule has 2 heterocycles. The number of phenols is 1. The highest BCUT2D eigenvalue weighted by atomic mass is 16.5. The maximum atomic E-state index is 12.8. The third kappa shape index (κ3) is 4.64. The predicted octanol–water partition coefficient (Wildman–Crippen LogP) is 1.79. The number of phenolic OH excluding ortho intramolecular Hbond substituents is 1. The van der Waals surface area contributed by atoms with Crippen LogP contribution in [0.3, 0.4) is 0 Å². The first kappa shape index (κ1) is 20.4. The van der Waals surface area contributed by atoms with E-state index in [1.54, 1.807) is 35.2 Å². The lowest BCUT2D eigenvalue weighted by molar-refractivity contribution is -0.134. The minimum Gasteiger partial charge on any atom is -0.508 e. The molecule has 1 aromatic carbocycles. The van der Waals surface area contributed by atoms with Gasteiger partial charge in [0, 0.05) is 31.1 Å². The summed E-state index contributed by atoms with van der Waals surface area (Å²) < 4.78 is 5.26. The molecule has 1 unspecified atom stereocenters. The number of carbonyl (C=O) groups excluding carboxylic acids is 2. The van der Waals surface area contributed by atoms with Gasteiger partial charge in [-0.05, 0) is 49.3 Å². The van der Waals surface area contributed by atoms with Crippen molar-refractivity contribution in [2.75, 3.05) is 13.1 Å². The first-order valence-electron chi connectivity index (χ1n) is 10.5. The Hall–Kier alpha value is -2.87. The molecule has 3 atom stereocenters. The number of piperidine rings is 1. The van der Waals surface area contributed by atoms with E-state index in [9.17, 15) is 14.7 Å². The van der Waals surface area contributed by atoms with Crippen molar-refractivity contribution in [3.05, 3.63) is 47.3 Å². The van der Waals surface area contributed by atoms with Gasteiger partial charge in [-0.3, -0.25) is 9.59 Å². The number of likely N-dealkylation sites (tertiary alicyclic amines) is 1. The third-order valence-corrected chi connectivity index (χ3v) is 5.98. The van der Waals surface area contributed by atoms with Gasteiger partial charge < -0.3 is 25.6 Å². The SMILES string of the molecule is C[C@@H]1CN(C(=O)[C@@H](N)Cc2ccc(O)cc2)CCC1NC(=O)c1cc(C2CC2)on1. The van der Waals surface area contributed by atoms with Gasteiger partial charge in [-0.15, -0.1) is 0 Å². The van der Waals surface area contributed by atoms with Crippen molar-refractivity contribution in [3.63, 3.8) is 0 Å². The summed E-state index contributed by atoms with van der Waals surface area (Å²) in [6.07, 6.45) is 3.26. The van der Waals surface area contributed by atoms with Gasteiger partial charge in [-0.1, -0.05) is 24.2 Å². The van der Waals surface area contributed by atoms with E-state index in [1.165, 1.54) is 0 Å². The Kier molecular flexibility index (Phi) is 5.76. The van der Waals surface area contributed by atoms with Gasteiger partial charge >= 0.3 is 0 Å². The Bertz CT molecular complexity index is 906. The zero-order chi connectivity index (χ0) is 21.3. The molecule has 2 aromatic rings. The van der Waals surface area contributed by atoms with E-state index in [4.69, 9.17) is 10.3 Å². The topological polar surface area (TPSA) is 122 Å². The summed E-state index contributed by atoms with van der Waals surface area (Å²) in [6, 6.07) is 7.78. The van der Waals surface area contributed by atoms with Crippen LogP contribution in [0, 0.1) is 5.92 Å². The standard InChI is InChI=1S/C22H28N4O4/c1-13-12-26(22(29)17(23)10-14-2-6-16(27)7-3-14)9-8-18(13)24-21(28)19-11-20(30-25-19)15-4-5-15/h2-3,6-7,11,13,15,17-18,27H,4-5,8-10,12,23H2,1H3,(H,24,28)/t13-,17+,18?/m1/s1. The van der Waals surface area contributed by atoms with Crippen molar-refractivity contribution >= 4 is 11.8 Å². The van der Waals surface area contributed by atoms with Gasteiger partial charge in [0.25, 0.3) is 5.91 Å². The van der Waals surface area contributed by atoms with Gasteiger partial charge in [0.15, 0.2) is 5.69 Å². The van der Waals surface area contributed by atoms with Crippen LogP contribution >= 0.6 is 0 Å². The highest BCUT2D eigenvalue weighted by Crippen LogP contribution is 2.40. The molecule has 0 bridgehead atoms. The molecule has 2 amide bonds. The van der Waals surface area contributed by atoms with Crippen molar-refractivity contribution in [3.8, 4) is 5.75 Å². The number of nitrogens with one attached hydrogen (secondary N) is 1. The second kappa shape index (κ2) is 8.47. The minimum absolute atomic E-state index is 0.0315. The smallest absolute Gasteiger partial charge is 0.273 e. The fourth-order valence-electron chi connectivity index (χ4n) is 3.97. The summed E-state index contributed by atoms with van der Waals surface area (Å²) in [5.74, 6) is 1.17. The molecule has 0 spiro atoms. The molecule has 4 N–H and O–H groups in total. The molecule has 30 heavy (non-hydrogen) atoms. The summed E-state index contributed by atoms with van der Waals surface area (Å²) in [7, 11) is 0. The van der Waals surface area contributed by atoms with Gasteiger partial charge in [0.1, 0.15) is 11.5 Å². The number of hydrogen-bond acceptors (Lipinski definition) is 6. The molecular formula is C22H28N4O4. The summed E-state index contributed by atoms with van der Waals surface area (Å²) >= 11 is 0. The van der Waals surface area contributed by atoms with E-state index in [0.29, 0.717) is 37.5 Å². The van der Waals surface area contributed by atoms with E-state index in [0.717, 1.165) is 24.2 Å². The molecule has 1 aromatic heterocycles. The van der Waals surface area contributed by atoms with E-state index < -0.39 is 6.04 Å². The van der Waals surface area contributed by atoms with Crippen molar-refractivity contribution in [1.82, 2.24) is 15.4 Å². The van der Waals surface area contributed by atoms with Crippen LogP contribution in [0.2, 0.25) is 0 Å². The average Bonchev–Trinajstić information content (AvgIpc) is 3.47. The van der Waals surface area contributed by atoms with E-state index in [2.05, 4.69) is 10.5 Å². The quantitative estimate of drug-likeness (QED) is 0.665. The van der Waals surface area contributed by atoms with Crippen LogP contribution < -0.4 is 11.1 Å². The Morgan fingerprint density at radius 1 is 1.30 bits per heavy atom. The van der Waals surface area contributed by atoms with E-state index >= 15 is 0 Å². The highest BCUT2D eigenvalue weighted by molar-refractivity contribution is 5.92. The number of amides is 2. The molecule has 8 nitrogen and oxygen atoms in total. The van der Waals surface area contributed by atoms with Crippen molar-refractivity contribution in [2.45, 2.75) is 50.6 Å². The number of hydrogen-bond donors (Lipinski definition) is 3. The molecule has 2 aliphatic rings. The van der Waals surface area contributed by atoms with Crippen LogP contribution in [0.15, 0.2) is 34.9 Å². The van der Waals surface area contributed by atoms with Crippen molar-refractivity contribution in [1.29, 1.82) is 0 Å². The number of benzene rings is 1. The van der Waals surface area contributed by atoms with Gasteiger partial charge in [-0.2, -0.15) is 0 Å².